The van der Waals surface area contributed by atoms with Crippen LogP contribution in [0.2, 0.25) is 0 Å². The van der Waals surface area contributed by atoms with Gasteiger partial charge in [-0.15, -0.1) is 0 Å². The van der Waals surface area contributed by atoms with Crippen LogP contribution in [0.1, 0.15) is 115 Å². The van der Waals surface area contributed by atoms with Gasteiger partial charge in [0.25, 0.3) is 19.1 Å². The van der Waals surface area contributed by atoms with Gasteiger partial charge in [-0.2, -0.15) is 5.48 Å². The van der Waals surface area contributed by atoms with Crippen molar-refractivity contribution in [2.45, 2.75) is 176 Å². The number of aliphatic hydroxyl groups is 2. The summed E-state index contributed by atoms with van der Waals surface area (Å²) in [6, 6.07) is 49.3. The van der Waals surface area contributed by atoms with Gasteiger partial charge in [-0.25, -0.2) is 26.4 Å². The first-order valence-electron chi connectivity index (χ1n) is 29.4. The van der Waals surface area contributed by atoms with E-state index in [0.717, 1.165) is 65.2 Å². The monoisotopic (exact) mass is 1260 g/mol. The maximum Gasteiger partial charge on any atom is 0.407 e. The van der Waals surface area contributed by atoms with Crippen LogP contribution in [0.4, 0.5) is 9.59 Å². The molecule has 8 rings (SSSR count). The largest absolute Gasteiger partial charge is 0.489 e. The molecule has 2 fully saturated rings. The van der Waals surface area contributed by atoms with Crippen LogP contribution in [0.25, 0.3) is 0 Å². The highest BCUT2D eigenvalue weighted by Gasteiger charge is 2.35. The molecule has 4 atom stereocenters. The SMILES string of the molecule is CC(C)(C)OC(=O)N[C@@H](Cc1ccccc1)[C@H](O)CN(OC1CCCC1)S(=O)(=O)c1ccc(OCc2ccccc2)cc1.CC(C)(C)OC(=O)N[C@@H](Cc1ccccc1)[C@H](O)CNOC1CCCC1.O=S(=O)(Cl)c1ccc(OCc2ccccc2)cc1. The number of aliphatic hydroxyl groups excluding tert-OH is 2. The van der Waals surface area contributed by atoms with Crippen LogP contribution in [0.3, 0.4) is 0 Å². The zero-order valence-electron chi connectivity index (χ0n) is 50.5. The molecule has 0 bridgehead atoms. The Labute approximate surface area is 518 Å². The predicted molar refractivity (Wildman–Crippen MR) is 335 cm³/mol. The summed E-state index contributed by atoms with van der Waals surface area (Å²) < 4.78 is 72.8. The summed E-state index contributed by atoms with van der Waals surface area (Å²) in [4.78, 5) is 36.6. The topological polar surface area (TPSA) is 238 Å². The Morgan fingerprint density at radius 3 is 1.29 bits per heavy atom. The van der Waals surface area contributed by atoms with Crippen molar-refractivity contribution in [2.24, 2.45) is 0 Å². The van der Waals surface area contributed by atoms with Crippen molar-refractivity contribution in [2.75, 3.05) is 13.1 Å². The summed E-state index contributed by atoms with van der Waals surface area (Å²) in [5, 5.41) is 27.5. The van der Waals surface area contributed by atoms with E-state index in [0.29, 0.717) is 31.1 Å². The average Bonchev–Trinajstić information content (AvgIpc) is 3.73. The number of hydrogen-bond donors (Lipinski definition) is 5. The van der Waals surface area contributed by atoms with Gasteiger partial charge in [-0.1, -0.05) is 151 Å². The quantitative estimate of drug-likeness (QED) is 0.0265. The molecule has 472 valence electrons. The highest BCUT2D eigenvalue weighted by Crippen LogP contribution is 2.28. The van der Waals surface area contributed by atoms with Crippen LogP contribution in [0, 0.1) is 0 Å². The maximum absolute atomic E-state index is 13.9. The Morgan fingerprint density at radius 1 is 0.529 bits per heavy atom. The first kappa shape index (κ1) is 69.5. The molecule has 0 unspecified atom stereocenters. The van der Waals surface area contributed by atoms with Crippen molar-refractivity contribution in [1.29, 1.82) is 0 Å². The van der Waals surface area contributed by atoms with E-state index in [1.165, 1.54) is 37.1 Å². The average molecular weight is 1260 g/mol. The molecule has 2 saturated carbocycles. The fourth-order valence-corrected chi connectivity index (χ4v) is 11.3. The molecule has 0 radical (unpaired) electrons. The zero-order valence-corrected chi connectivity index (χ0v) is 52.9. The third-order valence-electron chi connectivity index (χ3n) is 13.7. The van der Waals surface area contributed by atoms with Crippen molar-refractivity contribution >= 4 is 41.9 Å². The van der Waals surface area contributed by atoms with Gasteiger partial charge in [-0.3, -0.25) is 9.68 Å². The van der Waals surface area contributed by atoms with Crippen LogP contribution in [0.15, 0.2) is 180 Å². The second-order valence-electron chi connectivity index (χ2n) is 23.3. The molecule has 0 aromatic heterocycles. The van der Waals surface area contributed by atoms with Gasteiger partial charge in [0.1, 0.15) is 35.9 Å². The molecule has 21 heteroatoms. The minimum Gasteiger partial charge on any atom is -0.489 e. The van der Waals surface area contributed by atoms with Gasteiger partial charge in [0, 0.05) is 17.2 Å². The van der Waals surface area contributed by atoms with Crippen LogP contribution in [-0.4, -0.2) is 104 Å². The molecule has 0 heterocycles. The minimum atomic E-state index is -4.18. The van der Waals surface area contributed by atoms with E-state index in [1.807, 2.05) is 142 Å². The normalized spacial score (nSPS) is 15.3. The standard InChI is InChI=1S/C33H42N2O7S.C20H32N2O4.C13H11ClO3S/c1-33(2,3)41-32(37)34-30(22-25-12-6-4-7-13-25)31(36)23-35(42-28-16-10-11-17-28)43(38,39)29-20-18-27(19-21-29)40-24-26-14-8-5-9-15-26;1-20(2,3)25-19(24)22-17(13-15-9-5-4-6-10-15)18(23)14-21-26-16-11-7-8-12-16;14-18(15,16)13-8-6-12(7-9-13)17-10-11-4-2-1-3-5-11/h4-9,12-15,18-21,28,30-31,36H,10-11,16-17,22-24H2,1-3H3,(H,34,37);4-6,9-10,16-18,21,23H,7-8,11-14H2,1-3H3,(H,22,24);1-9H,10H2/t30-,31+;17-,18+;/m00./s1. The van der Waals surface area contributed by atoms with Gasteiger partial charge >= 0.3 is 12.2 Å². The number of hydrogen-bond acceptors (Lipinski definition) is 15. The second kappa shape index (κ2) is 34.2. The fourth-order valence-electron chi connectivity index (χ4n) is 9.26. The Balaban J connectivity index is 0.000000232. The number of halogens is 1. The highest BCUT2D eigenvalue weighted by atomic mass is 35.7. The lowest BCUT2D eigenvalue weighted by molar-refractivity contribution is -0.145. The summed E-state index contributed by atoms with van der Waals surface area (Å²) in [6.07, 6.45) is 5.12. The number of carbonyl (C=O) groups is 2. The first-order valence-corrected chi connectivity index (χ1v) is 33.1. The zero-order chi connectivity index (χ0) is 62.9. The smallest absolute Gasteiger partial charge is 0.407 e. The third-order valence-corrected chi connectivity index (χ3v) is 16.7. The van der Waals surface area contributed by atoms with Crippen molar-refractivity contribution in [3.8, 4) is 11.5 Å². The molecule has 6 aromatic carbocycles. The van der Waals surface area contributed by atoms with Crippen LogP contribution in [-0.2, 0) is 64.3 Å². The minimum absolute atomic E-state index is 0.00414. The van der Waals surface area contributed by atoms with Crippen molar-refractivity contribution in [3.05, 3.63) is 192 Å². The molecule has 0 spiro atoms. The van der Waals surface area contributed by atoms with Crippen molar-refractivity contribution < 1.29 is 65.3 Å². The van der Waals surface area contributed by atoms with E-state index in [-0.39, 0.29) is 35.0 Å². The second-order valence-corrected chi connectivity index (χ2v) is 27.7. The summed E-state index contributed by atoms with van der Waals surface area (Å²) in [7, 11) is -2.63. The molecule has 0 saturated heterocycles. The first-order chi connectivity index (χ1) is 41.4. The van der Waals surface area contributed by atoms with E-state index < -0.39 is 73.3 Å². The third kappa shape index (κ3) is 26.0. The number of nitrogens with zero attached hydrogens (tertiary/aromatic N) is 1. The molecule has 2 aliphatic carbocycles. The van der Waals surface area contributed by atoms with Crippen LogP contribution >= 0.6 is 10.7 Å². The molecular weight excluding hydrogens is 1170 g/mol. The molecule has 6 aromatic rings. The number of alkyl carbamates (subject to hydrolysis) is 2. The number of amides is 2. The number of carbonyl (C=O) groups excluding carboxylic acids is 2. The number of rotatable bonds is 25. The van der Waals surface area contributed by atoms with Crippen molar-refractivity contribution in [1.82, 2.24) is 20.6 Å². The number of hydroxylamine groups is 2. The Morgan fingerprint density at radius 2 is 0.897 bits per heavy atom. The van der Waals surface area contributed by atoms with Gasteiger partial charge < -0.3 is 39.8 Å². The molecular formula is C66H85ClN4O14S2. The van der Waals surface area contributed by atoms with E-state index in [4.69, 9.17) is 39.3 Å². The maximum atomic E-state index is 13.9. The highest BCUT2D eigenvalue weighted by molar-refractivity contribution is 8.13. The Bertz CT molecular complexity index is 3190. The van der Waals surface area contributed by atoms with E-state index in [1.54, 1.807) is 45.0 Å². The molecule has 2 aliphatic rings. The number of nitrogens with one attached hydrogen (secondary N) is 3. The molecule has 87 heavy (non-hydrogen) atoms. The lowest BCUT2D eigenvalue weighted by Crippen LogP contribution is -2.51. The lowest BCUT2D eigenvalue weighted by atomic mass is 10.0. The Kier molecular flexibility index (Phi) is 27.4. The molecule has 2 amide bonds. The molecule has 5 N–H and O–H groups in total. The van der Waals surface area contributed by atoms with Crippen LogP contribution < -0.4 is 25.6 Å². The number of sulfonamides is 1. The van der Waals surface area contributed by atoms with Gasteiger partial charge in [-0.05, 0) is 151 Å². The lowest BCUT2D eigenvalue weighted by Gasteiger charge is -2.31. The van der Waals surface area contributed by atoms with E-state index >= 15 is 0 Å². The number of benzene rings is 6. The molecule has 18 nitrogen and oxygen atoms in total. The Hall–Kier alpha value is -6.59. The van der Waals surface area contributed by atoms with Gasteiger partial charge in [0.05, 0.1) is 52.8 Å². The molecule has 0 aliphatic heterocycles. The predicted octanol–water partition coefficient (Wildman–Crippen LogP) is 11.8. The summed E-state index contributed by atoms with van der Waals surface area (Å²) in [5.74, 6) is 1.12. The summed E-state index contributed by atoms with van der Waals surface area (Å²) in [5.41, 5.74) is 5.48. The van der Waals surface area contributed by atoms with Crippen LogP contribution in [0.5, 0.6) is 11.5 Å². The van der Waals surface area contributed by atoms with E-state index in [2.05, 4.69) is 16.1 Å². The van der Waals surface area contributed by atoms with E-state index in [9.17, 15) is 36.6 Å². The summed E-state index contributed by atoms with van der Waals surface area (Å²) in [6.45, 7) is 11.3. The van der Waals surface area contributed by atoms with Gasteiger partial charge in [0.15, 0.2) is 0 Å². The fraction of sp³-hybridized carbons (Fsp3) is 0.424. The number of ether oxygens (including phenoxy) is 4. The van der Waals surface area contributed by atoms with Gasteiger partial charge in [0.2, 0.25) is 0 Å². The van der Waals surface area contributed by atoms with Crippen molar-refractivity contribution in [3.63, 3.8) is 0 Å². The summed E-state index contributed by atoms with van der Waals surface area (Å²) >= 11 is 0.